The Hall–Kier alpha value is -1.10. The summed E-state index contributed by atoms with van der Waals surface area (Å²) in [7, 11) is 0. The third-order valence-corrected chi connectivity index (χ3v) is 3.92. The lowest BCUT2D eigenvalue weighted by atomic mass is 9.96. The van der Waals surface area contributed by atoms with Gasteiger partial charge >= 0.3 is 6.03 Å². The highest BCUT2D eigenvalue weighted by molar-refractivity contribution is 6.04. The van der Waals surface area contributed by atoms with Crippen LogP contribution in [0.5, 0.6) is 0 Å². The zero-order chi connectivity index (χ0) is 13.8. The number of hydrogen-bond acceptors (Lipinski definition) is 3. The molecule has 108 valence electrons. The van der Waals surface area contributed by atoms with E-state index in [1.165, 1.54) is 4.90 Å². The number of nitrogens with one attached hydrogen (secondary N) is 1. The minimum Gasteiger partial charge on any atom is -0.381 e. The standard InChI is InChI=1S/C14H24N2O3/c1-10(2)9-12-13(17)16(14(18)15-12)6-3-11-4-7-19-8-5-11/h10-12H,3-9H2,1-2H3,(H,15,18). The van der Waals surface area contributed by atoms with E-state index >= 15 is 0 Å². The molecule has 5 heteroatoms. The number of rotatable bonds is 5. The number of nitrogens with zero attached hydrogens (tertiary/aromatic N) is 1. The van der Waals surface area contributed by atoms with Crippen molar-refractivity contribution in [1.29, 1.82) is 0 Å². The van der Waals surface area contributed by atoms with Crippen molar-refractivity contribution in [3.05, 3.63) is 0 Å². The maximum absolute atomic E-state index is 12.1. The van der Waals surface area contributed by atoms with Gasteiger partial charge in [0.15, 0.2) is 0 Å². The fourth-order valence-corrected chi connectivity index (χ4v) is 2.77. The van der Waals surface area contributed by atoms with Gasteiger partial charge < -0.3 is 10.1 Å². The normalized spacial score (nSPS) is 25.2. The van der Waals surface area contributed by atoms with Gasteiger partial charge in [0.2, 0.25) is 0 Å². The summed E-state index contributed by atoms with van der Waals surface area (Å²) in [5.74, 6) is 0.939. The zero-order valence-electron chi connectivity index (χ0n) is 11.9. The first-order chi connectivity index (χ1) is 9.08. The summed E-state index contributed by atoms with van der Waals surface area (Å²) in [6.45, 7) is 6.28. The second kappa shape index (κ2) is 6.37. The molecule has 5 nitrogen and oxygen atoms in total. The van der Waals surface area contributed by atoms with Crippen molar-refractivity contribution in [3.8, 4) is 0 Å². The minimum atomic E-state index is -0.317. The van der Waals surface area contributed by atoms with E-state index in [0.29, 0.717) is 18.4 Å². The summed E-state index contributed by atoms with van der Waals surface area (Å²) < 4.78 is 5.31. The van der Waals surface area contributed by atoms with Crippen molar-refractivity contribution < 1.29 is 14.3 Å². The summed E-state index contributed by atoms with van der Waals surface area (Å²) in [4.78, 5) is 25.4. The Balaban J connectivity index is 1.82. The average Bonchev–Trinajstić information content (AvgIpc) is 2.63. The SMILES string of the molecule is CC(C)CC1NC(=O)N(CCC2CCOCC2)C1=O. The summed E-state index contributed by atoms with van der Waals surface area (Å²) in [6, 6.07) is -0.537. The van der Waals surface area contributed by atoms with Crippen LogP contribution in [0.25, 0.3) is 0 Å². The lowest BCUT2D eigenvalue weighted by molar-refractivity contribution is -0.127. The van der Waals surface area contributed by atoms with Crippen LogP contribution in [0.2, 0.25) is 0 Å². The molecular formula is C14H24N2O3. The van der Waals surface area contributed by atoms with E-state index in [0.717, 1.165) is 38.9 Å². The molecule has 1 atom stereocenters. The highest BCUT2D eigenvalue weighted by atomic mass is 16.5. The fourth-order valence-electron chi connectivity index (χ4n) is 2.77. The molecule has 0 aliphatic carbocycles. The molecule has 0 radical (unpaired) electrons. The maximum Gasteiger partial charge on any atom is 0.324 e. The van der Waals surface area contributed by atoms with Gasteiger partial charge in [0.25, 0.3) is 5.91 Å². The Labute approximate surface area is 114 Å². The third-order valence-electron chi connectivity index (χ3n) is 3.92. The molecule has 2 aliphatic rings. The molecule has 2 rings (SSSR count). The van der Waals surface area contributed by atoms with Crippen LogP contribution in [-0.4, -0.2) is 42.6 Å². The average molecular weight is 268 g/mol. The van der Waals surface area contributed by atoms with Crippen LogP contribution < -0.4 is 5.32 Å². The monoisotopic (exact) mass is 268 g/mol. The Bertz CT molecular complexity index is 338. The Kier molecular flexibility index (Phi) is 4.80. The number of carbonyl (C=O) groups excluding carboxylic acids is 2. The second-order valence-electron chi connectivity index (χ2n) is 5.97. The van der Waals surface area contributed by atoms with Crippen LogP contribution in [-0.2, 0) is 9.53 Å². The summed E-state index contributed by atoms with van der Waals surface area (Å²) in [6.07, 6.45) is 3.70. The molecule has 0 saturated carbocycles. The molecule has 0 spiro atoms. The van der Waals surface area contributed by atoms with E-state index < -0.39 is 0 Å². The van der Waals surface area contributed by atoms with E-state index in [9.17, 15) is 9.59 Å². The summed E-state index contributed by atoms with van der Waals surface area (Å²) in [5, 5.41) is 2.79. The first-order valence-corrected chi connectivity index (χ1v) is 7.27. The first kappa shape index (κ1) is 14.3. The second-order valence-corrected chi connectivity index (χ2v) is 5.97. The van der Waals surface area contributed by atoms with E-state index in [1.54, 1.807) is 0 Å². The van der Waals surface area contributed by atoms with E-state index in [-0.39, 0.29) is 18.0 Å². The largest absolute Gasteiger partial charge is 0.381 e. The van der Waals surface area contributed by atoms with Gasteiger partial charge in [-0.15, -0.1) is 0 Å². The number of amides is 3. The highest BCUT2D eigenvalue weighted by Crippen LogP contribution is 2.21. The van der Waals surface area contributed by atoms with Crippen LogP contribution in [0.15, 0.2) is 0 Å². The smallest absolute Gasteiger partial charge is 0.324 e. The molecular weight excluding hydrogens is 244 g/mol. The fraction of sp³-hybridized carbons (Fsp3) is 0.857. The molecule has 2 aliphatic heterocycles. The lowest BCUT2D eigenvalue weighted by Crippen LogP contribution is -2.34. The molecule has 0 aromatic rings. The molecule has 2 fully saturated rings. The highest BCUT2D eigenvalue weighted by Gasteiger charge is 2.37. The quantitative estimate of drug-likeness (QED) is 0.773. The van der Waals surface area contributed by atoms with Gasteiger partial charge in [-0.2, -0.15) is 0 Å². The van der Waals surface area contributed by atoms with Crippen LogP contribution in [0, 0.1) is 11.8 Å². The van der Waals surface area contributed by atoms with Crippen molar-refractivity contribution in [2.75, 3.05) is 19.8 Å². The predicted octanol–water partition coefficient (Wildman–Crippen LogP) is 1.77. The summed E-state index contributed by atoms with van der Waals surface area (Å²) >= 11 is 0. The third kappa shape index (κ3) is 3.69. The number of urea groups is 1. The van der Waals surface area contributed by atoms with Gasteiger partial charge in [0.1, 0.15) is 6.04 Å². The minimum absolute atomic E-state index is 0.0502. The molecule has 0 bridgehead atoms. The topological polar surface area (TPSA) is 58.6 Å². The van der Waals surface area contributed by atoms with E-state index in [1.807, 2.05) is 0 Å². The van der Waals surface area contributed by atoms with Crippen LogP contribution in [0.1, 0.15) is 39.5 Å². The molecule has 0 aromatic heterocycles. The number of hydrogen-bond donors (Lipinski definition) is 1. The number of imide groups is 1. The molecule has 3 amide bonds. The van der Waals surface area contributed by atoms with Crippen LogP contribution in [0.4, 0.5) is 4.79 Å². The first-order valence-electron chi connectivity index (χ1n) is 7.27. The summed E-state index contributed by atoms with van der Waals surface area (Å²) in [5.41, 5.74) is 0. The van der Waals surface area contributed by atoms with Gasteiger partial charge in [-0.3, -0.25) is 9.69 Å². The van der Waals surface area contributed by atoms with Crippen molar-refractivity contribution in [2.45, 2.75) is 45.6 Å². The van der Waals surface area contributed by atoms with Crippen molar-refractivity contribution >= 4 is 11.9 Å². The van der Waals surface area contributed by atoms with Crippen molar-refractivity contribution in [1.82, 2.24) is 10.2 Å². The van der Waals surface area contributed by atoms with Crippen molar-refractivity contribution in [2.24, 2.45) is 11.8 Å². The van der Waals surface area contributed by atoms with Gasteiger partial charge in [-0.1, -0.05) is 13.8 Å². The van der Waals surface area contributed by atoms with Gasteiger partial charge in [-0.05, 0) is 37.5 Å². The zero-order valence-corrected chi connectivity index (χ0v) is 11.9. The van der Waals surface area contributed by atoms with Gasteiger partial charge in [0.05, 0.1) is 0 Å². The molecule has 19 heavy (non-hydrogen) atoms. The molecule has 0 aromatic carbocycles. The maximum atomic E-state index is 12.1. The van der Waals surface area contributed by atoms with Crippen LogP contribution >= 0.6 is 0 Å². The molecule has 2 saturated heterocycles. The molecule has 2 heterocycles. The van der Waals surface area contributed by atoms with Gasteiger partial charge in [0, 0.05) is 19.8 Å². The van der Waals surface area contributed by atoms with Crippen molar-refractivity contribution in [3.63, 3.8) is 0 Å². The van der Waals surface area contributed by atoms with Crippen LogP contribution in [0.3, 0.4) is 0 Å². The van der Waals surface area contributed by atoms with Gasteiger partial charge in [-0.25, -0.2) is 4.79 Å². The Morgan fingerprint density at radius 3 is 2.63 bits per heavy atom. The van der Waals surface area contributed by atoms with E-state index in [2.05, 4.69) is 19.2 Å². The number of carbonyl (C=O) groups is 2. The lowest BCUT2D eigenvalue weighted by Gasteiger charge is -2.23. The Morgan fingerprint density at radius 2 is 2.00 bits per heavy atom. The molecule has 1 N–H and O–H groups in total. The molecule has 1 unspecified atom stereocenters. The Morgan fingerprint density at radius 1 is 1.32 bits per heavy atom. The van der Waals surface area contributed by atoms with E-state index in [4.69, 9.17) is 4.74 Å². The number of ether oxygens (including phenoxy) is 1. The predicted molar refractivity (Wildman–Crippen MR) is 71.6 cm³/mol.